The molecule has 0 saturated heterocycles. The molecule has 4 heteroatoms. The molecule has 0 fully saturated rings. The number of benzene rings is 3. The predicted molar refractivity (Wildman–Crippen MR) is 216 cm³/mol. The zero-order valence-electron chi connectivity index (χ0n) is 31.4. The zero-order chi connectivity index (χ0) is 36.0. The fourth-order valence-corrected chi connectivity index (χ4v) is 9.75. The van der Waals surface area contributed by atoms with Gasteiger partial charge in [-0.15, -0.1) is 5.98 Å². The van der Waals surface area contributed by atoms with E-state index in [2.05, 4.69) is 138 Å². The molecule has 0 saturated carbocycles. The van der Waals surface area contributed by atoms with Gasteiger partial charge in [0.2, 0.25) is 6.71 Å². The Morgan fingerprint density at radius 2 is 0.882 bits per heavy atom. The first-order valence-corrected chi connectivity index (χ1v) is 18.0. The van der Waals surface area contributed by atoms with E-state index in [1.807, 2.05) is 55.4 Å². The zero-order valence-corrected chi connectivity index (χ0v) is 31.4. The van der Waals surface area contributed by atoms with Crippen molar-refractivity contribution in [2.75, 3.05) is 0 Å². The van der Waals surface area contributed by atoms with Gasteiger partial charge >= 0.3 is 0 Å². The normalized spacial score (nSPS) is 13.5. The number of nitrogens with zero attached hydrogens (tertiary/aromatic N) is 3. The topological polar surface area (TPSA) is 38.7 Å². The fraction of sp³-hybridized carbons (Fsp3) is 0.213. The maximum atomic E-state index is 4.56. The van der Waals surface area contributed by atoms with E-state index in [9.17, 15) is 0 Å². The van der Waals surface area contributed by atoms with Crippen molar-refractivity contribution >= 4 is 12.2 Å². The lowest BCUT2D eigenvalue weighted by molar-refractivity contribution is 0.849. The molecule has 3 nitrogen and oxygen atoms in total. The van der Waals surface area contributed by atoms with Gasteiger partial charge in [-0.1, -0.05) is 65.7 Å². The van der Waals surface area contributed by atoms with Crippen LogP contribution in [0.1, 0.15) is 61.2 Å². The number of aromatic nitrogens is 3. The fourth-order valence-electron chi connectivity index (χ4n) is 9.75. The largest absolute Gasteiger partial charge is 0.264 e. The Bertz CT molecular complexity index is 2240. The molecule has 7 rings (SSSR count). The van der Waals surface area contributed by atoms with Crippen LogP contribution in [0.3, 0.4) is 0 Å². The van der Waals surface area contributed by atoms with E-state index in [1.165, 1.54) is 83.4 Å². The molecule has 6 aromatic rings. The van der Waals surface area contributed by atoms with Crippen LogP contribution in [-0.4, -0.2) is 21.7 Å². The Morgan fingerprint density at radius 1 is 0.471 bits per heavy atom. The summed E-state index contributed by atoms with van der Waals surface area (Å²) in [5, 5.41) is -0.538. The lowest BCUT2D eigenvalue weighted by Crippen LogP contribution is -2.54. The molecule has 0 spiro atoms. The maximum absolute atomic E-state index is 4.56. The third-order valence-electron chi connectivity index (χ3n) is 11.2. The number of hydrogen-bond acceptors (Lipinski definition) is 3. The van der Waals surface area contributed by atoms with E-state index in [4.69, 9.17) is 0 Å². The Balaban J connectivity index is 1.65. The van der Waals surface area contributed by atoms with Crippen molar-refractivity contribution in [2.45, 2.75) is 67.6 Å². The SMILES string of the molecule is Cc1cc(C)c(-c2cccnc2)c(C)c1B1C=CC=CC1(c1c(C)cc(C)c(-c2cccnc2)c1C)c1c(C)cc(C)c(-c2cccnc2)c1C. The molecule has 1 aliphatic rings. The van der Waals surface area contributed by atoms with Crippen LogP contribution in [0.15, 0.2) is 116 Å². The summed E-state index contributed by atoms with van der Waals surface area (Å²) in [6, 6.07) is 19.9. The van der Waals surface area contributed by atoms with Gasteiger partial charge in [-0.2, -0.15) is 0 Å². The Labute approximate surface area is 304 Å². The van der Waals surface area contributed by atoms with Crippen molar-refractivity contribution in [3.05, 3.63) is 177 Å². The highest BCUT2D eigenvalue weighted by molar-refractivity contribution is 6.82. The minimum absolute atomic E-state index is 0.00207. The molecule has 0 bridgehead atoms. The molecule has 0 N–H and O–H groups in total. The van der Waals surface area contributed by atoms with Gasteiger partial charge in [-0.25, -0.2) is 0 Å². The van der Waals surface area contributed by atoms with Crippen molar-refractivity contribution < 1.29 is 0 Å². The molecule has 0 amide bonds. The van der Waals surface area contributed by atoms with E-state index < -0.39 is 5.31 Å². The van der Waals surface area contributed by atoms with Crippen molar-refractivity contribution in [3.8, 4) is 33.4 Å². The van der Waals surface area contributed by atoms with Crippen LogP contribution in [0.25, 0.3) is 33.4 Å². The van der Waals surface area contributed by atoms with Crippen LogP contribution in [0.2, 0.25) is 0 Å². The van der Waals surface area contributed by atoms with E-state index >= 15 is 0 Å². The number of pyridine rings is 3. The molecule has 1 aliphatic heterocycles. The first-order valence-electron chi connectivity index (χ1n) is 18.0. The van der Waals surface area contributed by atoms with E-state index in [-0.39, 0.29) is 6.71 Å². The van der Waals surface area contributed by atoms with Crippen LogP contribution in [0, 0.1) is 62.3 Å². The monoisotopic (exact) mass is 663 g/mol. The van der Waals surface area contributed by atoms with Gasteiger partial charge in [-0.05, 0) is 153 Å². The van der Waals surface area contributed by atoms with Gasteiger partial charge in [0.25, 0.3) is 0 Å². The summed E-state index contributed by atoms with van der Waals surface area (Å²) in [6.45, 7) is 20.6. The lowest BCUT2D eigenvalue weighted by Gasteiger charge is -2.44. The molecular formula is C47H46BN3. The maximum Gasteiger partial charge on any atom is 0.221 e. The van der Waals surface area contributed by atoms with Crippen molar-refractivity contribution in [3.63, 3.8) is 0 Å². The highest BCUT2D eigenvalue weighted by atomic mass is 14.6. The summed E-state index contributed by atoms with van der Waals surface area (Å²) in [4.78, 5) is 13.7. The summed E-state index contributed by atoms with van der Waals surface area (Å²) < 4.78 is 0. The molecular weight excluding hydrogens is 617 g/mol. The molecule has 3 aromatic heterocycles. The average molecular weight is 664 g/mol. The Morgan fingerprint density at radius 3 is 1.29 bits per heavy atom. The average Bonchev–Trinajstić information content (AvgIpc) is 3.10. The van der Waals surface area contributed by atoms with Gasteiger partial charge < -0.3 is 0 Å². The van der Waals surface area contributed by atoms with Crippen molar-refractivity contribution in [2.24, 2.45) is 0 Å². The van der Waals surface area contributed by atoms with Gasteiger partial charge in [0.05, 0.1) is 0 Å². The molecule has 0 aliphatic carbocycles. The summed E-state index contributed by atoms with van der Waals surface area (Å²) in [7, 11) is 0. The van der Waals surface area contributed by atoms with E-state index in [0.717, 1.165) is 16.7 Å². The summed E-state index contributed by atoms with van der Waals surface area (Å²) in [5.41, 5.74) is 22.9. The Hall–Kier alpha value is -5.35. The van der Waals surface area contributed by atoms with Gasteiger partial charge in [0.15, 0.2) is 0 Å². The Kier molecular flexibility index (Phi) is 8.97. The first kappa shape index (κ1) is 34.1. The number of hydrogen-bond donors (Lipinski definition) is 0. The standard InChI is InChI=1S/C47H46BN3/c1-29-23-32(4)44(35(7)41(29)38-15-12-20-49-26-38)47(45-33(5)24-30(2)42(36(45)8)39-16-13-21-50-27-39)18-10-11-19-48(47)46-34(6)25-31(3)43(37(46)9)40-17-14-22-51-28-40/h10-28H,1-9H3. The minimum atomic E-state index is -0.538. The van der Waals surface area contributed by atoms with Crippen LogP contribution in [0.4, 0.5) is 0 Å². The predicted octanol–water partition coefficient (Wildman–Crippen LogP) is 10.5. The summed E-state index contributed by atoms with van der Waals surface area (Å²) in [5.74, 6) is 2.46. The third kappa shape index (κ3) is 5.58. The highest BCUT2D eigenvalue weighted by Crippen LogP contribution is 2.49. The molecule has 0 radical (unpaired) electrons. The summed E-state index contributed by atoms with van der Waals surface area (Å²) >= 11 is 0. The minimum Gasteiger partial charge on any atom is -0.264 e. The lowest BCUT2D eigenvalue weighted by atomic mass is 9.24. The van der Waals surface area contributed by atoms with Crippen LogP contribution >= 0.6 is 0 Å². The van der Waals surface area contributed by atoms with Crippen molar-refractivity contribution in [1.29, 1.82) is 0 Å². The van der Waals surface area contributed by atoms with Gasteiger partial charge in [0, 0.05) is 59.2 Å². The number of rotatable bonds is 6. The highest BCUT2D eigenvalue weighted by Gasteiger charge is 2.48. The molecule has 252 valence electrons. The third-order valence-corrected chi connectivity index (χ3v) is 11.2. The molecule has 3 aromatic carbocycles. The second kappa shape index (κ2) is 13.4. The van der Waals surface area contributed by atoms with Crippen LogP contribution in [0.5, 0.6) is 0 Å². The molecule has 4 heterocycles. The summed E-state index contributed by atoms with van der Waals surface area (Å²) in [6.07, 6.45) is 18.6. The van der Waals surface area contributed by atoms with Crippen LogP contribution in [-0.2, 0) is 5.31 Å². The number of aryl methyl sites for hydroxylation is 6. The van der Waals surface area contributed by atoms with Gasteiger partial charge in [-0.3, -0.25) is 15.0 Å². The molecule has 0 unspecified atom stereocenters. The van der Waals surface area contributed by atoms with Crippen LogP contribution < -0.4 is 5.46 Å². The smallest absolute Gasteiger partial charge is 0.221 e. The van der Waals surface area contributed by atoms with E-state index in [1.54, 1.807) is 0 Å². The first-order chi connectivity index (χ1) is 24.6. The molecule has 51 heavy (non-hydrogen) atoms. The second-order valence-corrected chi connectivity index (χ2v) is 14.5. The van der Waals surface area contributed by atoms with E-state index in [0.29, 0.717) is 0 Å². The quantitative estimate of drug-likeness (QED) is 0.167. The van der Waals surface area contributed by atoms with Crippen molar-refractivity contribution in [1.82, 2.24) is 15.0 Å². The van der Waals surface area contributed by atoms with Gasteiger partial charge in [0.1, 0.15) is 0 Å². The second-order valence-electron chi connectivity index (χ2n) is 14.5. The number of allylic oxidation sites excluding steroid dienone is 3. The molecule has 0 atom stereocenters.